The molecule has 0 aliphatic carbocycles. The molecule has 0 saturated carbocycles. The summed E-state index contributed by atoms with van der Waals surface area (Å²) in [5.41, 5.74) is 7.84. The van der Waals surface area contributed by atoms with Crippen LogP contribution in [-0.2, 0) is 11.3 Å². The summed E-state index contributed by atoms with van der Waals surface area (Å²) in [5, 5.41) is 3.43. The van der Waals surface area contributed by atoms with Gasteiger partial charge in [0, 0.05) is 29.9 Å². The summed E-state index contributed by atoms with van der Waals surface area (Å²) in [5.74, 6) is 0. The van der Waals surface area contributed by atoms with E-state index in [-0.39, 0.29) is 5.60 Å². The molecule has 1 aliphatic rings. The van der Waals surface area contributed by atoms with Crippen LogP contribution < -0.4 is 11.1 Å². The zero-order valence-electron chi connectivity index (χ0n) is 10.1. The lowest BCUT2D eigenvalue weighted by atomic mass is 10.0. The Bertz CT molecular complexity index is 389. The summed E-state index contributed by atoms with van der Waals surface area (Å²) >= 11 is 3.39. The first-order chi connectivity index (χ1) is 8.09. The van der Waals surface area contributed by atoms with Gasteiger partial charge in [0.05, 0.1) is 5.60 Å². The largest absolute Gasteiger partial charge is 0.398 e. The van der Waals surface area contributed by atoms with Gasteiger partial charge in [-0.15, -0.1) is 0 Å². The van der Waals surface area contributed by atoms with E-state index in [2.05, 4.69) is 34.2 Å². The van der Waals surface area contributed by atoms with Crippen LogP contribution in [0, 0.1) is 0 Å². The van der Waals surface area contributed by atoms with Crippen LogP contribution in [0.3, 0.4) is 0 Å². The lowest BCUT2D eigenvalue weighted by Gasteiger charge is -2.23. The van der Waals surface area contributed by atoms with E-state index in [9.17, 15) is 0 Å². The number of nitrogen functional groups attached to an aromatic ring is 1. The van der Waals surface area contributed by atoms with Crippen molar-refractivity contribution < 1.29 is 4.74 Å². The molecule has 3 N–H and O–H groups in total. The van der Waals surface area contributed by atoms with Gasteiger partial charge < -0.3 is 15.8 Å². The quantitative estimate of drug-likeness (QED) is 0.840. The molecule has 0 radical (unpaired) electrons. The van der Waals surface area contributed by atoms with Crippen molar-refractivity contribution in [2.45, 2.75) is 31.9 Å². The van der Waals surface area contributed by atoms with E-state index in [4.69, 9.17) is 10.5 Å². The minimum absolute atomic E-state index is 0.0148. The summed E-state index contributed by atoms with van der Waals surface area (Å²) < 4.78 is 6.68. The Hall–Kier alpha value is -0.580. The summed E-state index contributed by atoms with van der Waals surface area (Å²) in [7, 11) is 0. The predicted octanol–water partition coefficient (Wildman–Crippen LogP) is 2.69. The summed E-state index contributed by atoms with van der Waals surface area (Å²) in [4.78, 5) is 0. The molecule has 1 heterocycles. The fourth-order valence-corrected chi connectivity index (χ4v) is 2.40. The van der Waals surface area contributed by atoms with E-state index in [0.29, 0.717) is 0 Å². The normalized spacial score (nSPS) is 24.1. The van der Waals surface area contributed by atoms with Crippen molar-refractivity contribution in [3.63, 3.8) is 0 Å². The van der Waals surface area contributed by atoms with Crippen molar-refractivity contribution in [2.75, 3.05) is 18.9 Å². The van der Waals surface area contributed by atoms with Crippen LogP contribution in [0.15, 0.2) is 22.7 Å². The summed E-state index contributed by atoms with van der Waals surface area (Å²) in [6.07, 6.45) is 2.31. The summed E-state index contributed by atoms with van der Waals surface area (Å²) in [6, 6.07) is 6.06. The van der Waals surface area contributed by atoms with E-state index < -0.39 is 0 Å². The molecule has 3 nitrogen and oxygen atoms in total. The predicted molar refractivity (Wildman–Crippen MR) is 73.9 cm³/mol. The Morgan fingerprint density at radius 1 is 1.53 bits per heavy atom. The molecule has 17 heavy (non-hydrogen) atoms. The molecule has 1 atom stereocenters. The van der Waals surface area contributed by atoms with Crippen molar-refractivity contribution >= 4 is 21.6 Å². The minimum atomic E-state index is 0.0148. The van der Waals surface area contributed by atoms with Gasteiger partial charge >= 0.3 is 0 Å². The highest BCUT2D eigenvalue weighted by Crippen LogP contribution is 2.24. The Morgan fingerprint density at radius 3 is 3.00 bits per heavy atom. The molecule has 1 saturated heterocycles. The molecular weight excluding hydrogens is 280 g/mol. The fraction of sp³-hybridized carbons (Fsp3) is 0.538. The molecule has 1 unspecified atom stereocenters. The fourth-order valence-electron chi connectivity index (χ4n) is 2.15. The first-order valence-corrected chi connectivity index (χ1v) is 6.77. The van der Waals surface area contributed by atoms with Gasteiger partial charge in [-0.05, 0) is 53.4 Å². The van der Waals surface area contributed by atoms with Crippen molar-refractivity contribution in [3.8, 4) is 0 Å². The van der Waals surface area contributed by atoms with Gasteiger partial charge in [0.2, 0.25) is 0 Å². The highest BCUT2D eigenvalue weighted by atomic mass is 79.9. The average Bonchev–Trinajstić information content (AvgIpc) is 2.71. The number of rotatable bonds is 4. The van der Waals surface area contributed by atoms with E-state index in [1.807, 2.05) is 12.1 Å². The lowest BCUT2D eigenvalue weighted by Crippen LogP contribution is -2.36. The zero-order valence-corrected chi connectivity index (χ0v) is 11.7. The van der Waals surface area contributed by atoms with Crippen LogP contribution in [0.1, 0.15) is 25.3 Å². The third-order valence-corrected chi connectivity index (χ3v) is 3.91. The molecular formula is C13H19BrN2O. The maximum atomic E-state index is 5.84. The molecule has 1 aliphatic heterocycles. The second kappa shape index (κ2) is 5.38. The number of nitrogens with one attached hydrogen (secondary N) is 1. The second-order valence-electron chi connectivity index (χ2n) is 4.86. The van der Waals surface area contributed by atoms with Gasteiger partial charge in [-0.3, -0.25) is 0 Å². The van der Waals surface area contributed by atoms with Crippen LogP contribution in [0.25, 0.3) is 0 Å². The first-order valence-electron chi connectivity index (χ1n) is 5.98. The van der Waals surface area contributed by atoms with Crippen molar-refractivity contribution in [2.24, 2.45) is 0 Å². The van der Waals surface area contributed by atoms with E-state index in [1.54, 1.807) is 0 Å². The highest BCUT2D eigenvalue weighted by Gasteiger charge is 2.28. The number of benzene rings is 1. The molecule has 1 aromatic rings. The van der Waals surface area contributed by atoms with Crippen LogP contribution in [0.2, 0.25) is 0 Å². The maximum absolute atomic E-state index is 5.84. The van der Waals surface area contributed by atoms with Gasteiger partial charge in [0.15, 0.2) is 0 Å². The first kappa shape index (κ1) is 12.9. The number of ether oxygens (including phenoxy) is 1. The zero-order chi connectivity index (χ0) is 12.3. The molecule has 0 spiro atoms. The molecule has 2 rings (SSSR count). The van der Waals surface area contributed by atoms with Crippen LogP contribution >= 0.6 is 15.9 Å². The summed E-state index contributed by atoms with van der Waals surface area (Å²) in [6.45, 7) is 4.78. The van der Waals surface area contributed by atoms with Crippen LogP contribution in [0.5, 0.6) is 0 Å². The Kier molecular flexibility index (Phi) is 4.07. The van der Waals surface area contributed by atoms with Crippen molar-refractivity contribution in [3.05, 3.63) is 28.2 Å². The number of hydrogen-bond donors (Lipinski definition) is 2. The number of halogens is 1. The van der Waals surface area contributed by atoms with Crippen LogP contribution in [0.4, 0.5) is 5.69 Å². The smallest absolute Gasteiger partial charge is 0.0779 e. The van der Waals surface area contributed by atoms with Gasteiger partial charge in [0.25, 0.3) is 0 Å². The second-order valence-corrected chi connectivity index (χ2v) is 5.72. The molecule has 1 aromatic carbocycles. The average molecular weight is 299 g/mol. The highest BCUT2D eigenvalue weighted by molar-refractivity contribution is 9.10. The third-order valence-electron chi connectivity index (χ3n) is 3.19. The monoisotopic (exact) mass is 298 g/mol. The Balaban J connectivity index is 1.83. The van der Waals surface area contributed by atoms with Gasteiger partial charge in [-0.1, -0.05) is 6.07 Å². The molecule has 1 fully saturated rings. The third kappa shape index (κ3) is 3.44. The van der Waals surface area contributed by atoms with Crippen LogP contribution in [-0.4, -0.2) is 18.8 Å². The standard InChI is InChI=1S/C13H19BrN2O/c1-13(5-2-6-17-13)9-16-8-10-3-4-11(14)12(15)7-10/h3-4,7,16H,2,5-6,8-9,15H2,1H3. The van der Waals surface area contributed by atoms with Crippen molar-refractivity contribution in [1.82, 2.24) is 5.32 Å². The minimum Gasteiger partial charge on any atom is -0.398 e. The van der Waals surface area contributed by atoms with Gasteiger partial charge in [-0.25, -0.2) is 0 Å². The molecule has 0 amide bonds. The van der Waals surface area contributed by atoms with E-state index in [0.717, 1.165) is 36.3 Å². The SMILES string of the molecule is CC1(CNCc2ccc(Br)c(N)c2)CCCO1. The molecule has 0 aromatic heterocycles. The Morgan fingerprint density at radius 2 is 2.35 bits per heavy atom. The topological polar surface area (TPSA) is 47.3 Å². The number of anilines is 1. The van der Waals surface area contributed by atoms with Gasteiger partial charge in [-0.2, -0.15) is 0 Å². The van der Waals surface area contributed by atoms with Crippen molar-refractivity contribution in [1.29, 1.82) is 0 Å². The lowest BCUT2D eigenvalue weighted by molar-refractivity contribution is 0.0207. The molecule has 0 bridgehead atoms. The maximum Gasteiger partial charge on any atom is 0.0779 e. The van der Waals surface area contributed by atoms with Gasteiger partial charge in [0.1, 0.15) is 0 Å². The van der Waals surface area contributed by atoms with E-state index in [1.165, 1.54) is 12.0 Å². The Labute approximate surface area is 111 Å². The number of hydrogen-bond acceptors (Lipinski definition) is 3. The number of nitrogens with two attached hydrogens (primary N) is 1. The van der Waals surface area contributed by atoms with E-state index >= 15 is 0 Å². The molecule has 94 valence electrons. The molecule has 4 heteroatoms.